The number of hydrogen-bond donors (Lipinski definition) is 0. The van der Waals surface area contributed by atoms with Crippen molar-refractivity contribution >= 4 is 17.5 Å². The maximum Gasteiger partial charge on any atom is 0.251 e. The van der Waals surface area contributed by atoms with Crippen molar-refractivity contribution in [3.63, 3.8) is 0 Å². The molecule has 1 aliphatic rings. The number of carbonyl (C=O) groups excluding carboxylic acids is 1. The van der Waals surface area contributed by atoms with Crippen LogP contribution in [0.5, 0.6) is 0 Å². The fourth-order valence-corrected chi connectivity index (χ4v) is 2.18. The summed E-state index contributed by atoms with van der Waals surface area (Å²) in [7, 11) is 1.49. The van der Waals surface area contributed by atoms with E-state index in [1.165, 1.54) is 13.2 Å². The number of amides is 1. The van der Waals surface area contributed by atoms with Gasteiger partial charge in [0.25, 0.3) is 5.91 Å². The first-order valence-electron chi connectivity index (χ1n) is 6.30. The minimum Gasteiger partial charge on any atom is -0.372 e. The Kier molecular flexibility index (Phi) is 4.42. The fraction of sp³-hybridized carbons (Fsp3) is 0.500. The van der Waals surface area contributed by atoms with Crippen molar-refractivity contribution in [3.8, 4) is 0 Å². The van der Waals surface area contributed by atoms with E-state index in [-0.39, 0.29) is 24.3 Å². The molecular formula is C14H17ClFNO2. The number of nitrogens with zero attached hydrogens (tertiary/aromatic N) is 1. The van der Waals surface area contributed by atoms with Gasteiger partial charge in [-0.1, -0.05) is 17.7 Å². The zero-order valence-corrected chi connectivity index (χ0v) is 11.8. The number of hydrogen-bond acceptors (Lipinski definition) is 2. The second-order valence-corrected chi connectivity index (χ2v) is 5.18. The van der Waals surface area contributed by atoms with Crippen LogP contribution in [0, 0.1) is 5.82 Å². The van der Waals surface area contributed by atoms with Gasteiger partial charge in [-0.05, 0) is 31.9 Å². The van der Waals surface area contributed by atoms with Crippen LogP contribution >= 0.6 is 11.6 Å². The molecule has 3 nitrogen and oxygen atoms in total. The van der Waals surface area contributed by atoms with Gasteiger partial charge in [-0.2, -0.15) is 0 Å². The van der Waals surface area contributed by atoms with Crippen LogP contribution in [0.3, 0.4) is 0 Å². The number of ether oxygens (including phenoxy) is 1. The zero-order valence-electron chi connectivity index (χ0n) is 11.0. The van der Waals surface area contributed by atoms with Crippen LogP contribution in [-0.2, 0) is 16.1 Å². The SMILES string of the molecule is COC(C)C(=O)N(Cc1c(F)cccc1Cl)C1CC1. The highest BCUT2D eigenvalue weighted by atomic mass is 35.5. The standard InChI is InChI=1S/C14H17ClFNO2/c1-9(19-2)14(18)17(10-6-7-10)8-11-12(15)4-3-5-13(11)16/h3-5,9-10H,6-8H2,1-2H3. The molecule has 0 spiro atoms. The number of rotatable bonds is 5. The summed E-state index contributed by atoms with van der Waals surface area (Å²) in [6.07, 6.45) is 1.38. The molecule has 0 N–H and O–H groups in total. The van der Waals surface area contributed by atoms with Crippen molar-refractivity contribution < 1.29 is 13.9 Å². The summed E-state index contributed by atoms with van der Waals surface area (Å²) >= 11 is 6.01. The second kappa shape index (κ2) is 5.88. The van der Waals surface area contributed by atoms with E-state index in [9.17, 15) is 9.18 Å². The summed E-state index contributed by atoms with van der Waals surface area (Å²) in [5.74, 6) is -0.500. The molecule has 19 heavy (non-hydrogen) atoms. The van der Waals surface area contributed by atoms with Gasteiger partial charge in [-0.15, -0.1) is 0 Å². The van der Waals surface area contributed by atoms with E-state index in [4.69, 9.17) is 16.3 Å². The van der Waals surface area contributed by atoms with Gasteiger partial charge in [0, 0.05) is 23.7 Å². The Labute approximate surface area is 117 Å². The molecule has 1 amide bonds. The van der Waals surface area contributed by atoms with Gasteiger partial charge in [0.2, 0.25) is 0 Å². The van der Waals surface area contributed by atoms with Crippen molar-refractivity contribution in [1.82, 2.24) is 4.90 Å². The van der Waals surface area contributed by atoms with Crippen LogP contribution in [0.15, 0.2) is 18.2 Å². The van der Waals surface area contributed by atoms with Gasteiger partial charge in [-0.3, -0.25) is 4.79 Å². The van der Waals surface area contributed by atoms with Gasteiger partial charge in [0.1, 0.15) is 11.9 Å². The average molecular weight is 286 g/mol. The summed E-state index contributed by atoms with van der Waals surface area (Å²) < 4.78 is 18.8. The molecule has 2 rings (SSSR count). The first-order valence-corrected chi connectivity index (χ1v) is 6.68. The molecule has 0 aromatic heterocycles. The van der Waals surface area contributed by atoms with Crippen molar-refractivity contribution in [2.24, 2.45) is 0 Å². The number of methoxy groups -OCH3 is 1. The van der Waals surface area contributed by atoms with Crippen LogP contribution in [-0.4, -0.2) is 30.1 Å². The van der Waals surface area contributed by atoms with E-state index in [0.717, 1.165) is 12.8 Å². The van der Waals surface area contributed by atoms with Crippen molar-refractivity contribution in [2.75, 3.05) is 7.11 Å². The quantitative estimate of drug-likeness (QED) is 0.832. The van der Waals surface area contributed by atoms with E-state index in [2.05, 4.69) is 0 Å². The summed E-state index contributed by atoms with van der Waals surface area (Å²) in [6, 6.07) is 4.73. The molecule has 0 heterocycles. The van der Waals surface area contributed by atoms with Gasteiger partial charge >= 0.3 is 0 Å². The zero-order chi connectivity index (χ0) is 14.0. The van der Waals surface area contributed by atoms with Crippen LogP contribution in [0.25, 0.3) is 0 Å². The Bertz CT molecular complexity index is 456. The Morgan fingerprint density at radius 2 is 2.26 bits per heavy atom. The van der Waals surface area contributed by atoms with Crippen LogP contribution < -0.4 is 0 Å². The minimum atomic E-state index is -0.522. The topological polar surface area (TPSA) is 29.5 Å². The monoisotopic (exact) mass is 285 g/mol. The van der Waals surface area contributed by atoms with Gasteiger partial charge in [0.15, 0.2) is 0 Å². The van der Waals surface area contributed by atoms with Crippen molar-refractivity contribution in [2.45, 2.75) is 38.5 Å². The molecule has 1 aromatic carbocycles. The molecule has 1 atom stereocenters. The normalized spacial score (nSPS) is 16.2. The lowest BCUT2D eigenvalue weighted by molar-refractivity contribution is -0.142. The molecular weight excluding hydrogens is 269 g/mol. The number of benzene rings is 1. The molecule has 0 aliphatic heterocycles. The van der Waals surface area contributed by atoms with E-state index in [0.29, 0.717) is 10.6 Å². The lowest BCUT2D eigenvalue weighted by Crippen LogP contribution is -2.40. The highest BCUT2D eigenvalue weighted by Gasteiger charge is 2.35. The van der Waals surface area contributed by atoms with E-state index in [1.807, 2.05) is 0 Å². The van der Waals surface area contributed by atoms with Gasteiger partial charge < -0.3 is 9.64 Å². The van der Waals surface area contributed by atoms with E-state index in [1.54, 1.807) is 24.0 Å². The Morgan fingerprint density at radius 3 is 2.79 bits per heavy atom. The molecule has 1 aromatic rings. The van der Waals surface area contributed by atoms with Crippen molar-refractivity contribution in [3.05, 3.63) is 34.6 Å². The maximum absolute atomic E-state index is 13.8. The lowest BCUT2D eigenvalue weighted by atomic mass is 10.2. The largest absolute Gasteiger partial charge is 0.372 e. The van der Waals surface area contributed by atoms with Gasteiger partial charge in [-0.25, -0.2) is 4.39 Å². The first kappa shape index (κ1) is 14.3. The molecule has 1 aliphatic carbocycles. The first-order chi connectivity index (χ1) is 9.04. The lowest BCUT2D eigenvalue weighted by Gasteiger charge is -2.25. The Morgan fingerprint density at radius 1 is 1.58 bits per heavy atom. The minimum absolute atomic E-state index is 0.121. The molecule has 0 saturated heterocycles. The Hall–Kier alpha value is -1.13. The third kappa shape index (κ3) is 3.25. The molecule has 1 saturated carbocycles. The summed E-state index contributed by atoms with van der Waals surface area (Å²) in [4.78, 5) is 13.9. The highest BCUT2D eigenvalue weighted by Crippen LogP contribution is 2.31. The smallest absolute Gasteiger partial charge is 0.251 e. The summed E-state index contributed by atoms with van der Waals surface area (Å²) in [5, 5.41) is 0.350. The van der Waals surface area contributed by atoms with Gasteiger partial charge in [0.05, 0.1) is 6.54 Å². The summed E-state index contributed by atoms with van der Waals surface area (Å²) in [5.41, 5.74) is 0.368. The molecule has 0 radical (unpaired) electrons. The van der Waals surface area contributed by atoms with Crippen LogP contribution in [0.2, 0.25) is 5.02 Å². The molecule has 1 unspecified atom stereocenters. The second-order valence-electron chi connectivity index (χ2n) is 4.78. The third-order valence-electron chi connectivity index (χ3n) is 3.36. The molecule has 0 bridgehead atoms. The molecule has 1 fully saturated rings. The predicted molar refractivity (Wildman–Crippen MR) is 71.5 cm³/mol. The average Bonchev–Trinajstić information content (AvgIpc) is 3.21. The fourth-order valence-electron chi connectivity index (χ4n) is 1.96. The van der Waals surface area contributed by atoms with Crippen LogP contribution in [0.4, 0.5) is 4.39 Å². The number of halogens is 2. The maximum atomic E-state index is 13.8. The number of carbonyl (C=O) groups is 1. The predicted octanol–water partition coefficient (Wildman–Crippen LogP) is 3.01. The molecule has 5 heteroatoms. The van der Waals surface area contributed by atoms with Crippen LogP contribution in [0.1, 0.15) is 25.3 Å². The Balaban J connectivity index is 2.20. The van der Waals surface area contributed by atoms with E-state index >= 15 is 0 Å². The third-order valence-corrected chi connectivity index (χ3v) is 3.72. The highest BCUT2D eigenvalue weighted by molar-refractivity contribution is 6.31. The van der Waals surface area contributed by atoms with Crippen molar-refractivity contribution in [1.29, 1.82) is 0 Å². The summed E-state index contributed by atoms with van der Waals surface area (Å²) in [6.45, 7) is 1.89. The molecule has 104 valence electrons. The van der Waals surface area contributed by atoms with E-state index < -0.39 is 6.10 Å².